The van der Waals surface area contributed by atoms with Gasteiger partial charge in [0.15, 0.2) is 0 Å². The van der Waals surface area contributed by atoms with E-state index in [4.69, 9.17) is 5.11 Å². The highest BCUT2D eigenvalue weighted by Crippen LogP contribution is 2.38. The van der Waals surface area contributed by atoms with Gasteiger partial charge in [0.1, 0.15) is 0 Å². The number of carboxylic acids is 1. The number of anilines is 1. The van der Waals surface area contributed by atoms with Gasteiger partial charge in [-0.1, -0.05) is 18.2 Å². The van der Waals surface area contributed by atoms with Gasteiger partial charge in [0.05, 0.1) is 12.0 Å². The van der Waals surface area contributed by atoms with Crippen molar-refractivity contribution in [3.63, 3.8) is 0 Å². The molecule has 0 saturated heterocycles. The molecule has 4 nitrogen and oxygen atoms in total. The van der Waals surface area contributed by atoms with Crippen LogP contribution in [0.5, 0.6) is 0 Å². The Labute approximate surface area is 120 Å². The van der Waals surface area contributed by atoms with Gasteiger partial charge in [-0.2, -0.15) is 11.3 Å². The predicted octanol–water partition coefficient (Wildman–Crippen LogP) is 2.97. The van der Waals surface area contributed by atoms with Crippen LogP contribution in [0.2, 0.25) is 0 Å². The molecule has 1 aliphatic heterocycles. The van der Waals surface area contributed by atoms with Crippen LogP contribution >= 0.6 is 11.3 Å². The van der Waals surface area contributed by atoms with Gasteiger partial charge in [0.2, 0.25) is 0 Å². The number of para-hydroxylation sites is 1. The van der Waals surface area contributed by atoms with Gasteiger partial charge in [-0.3, -0.25) is 9.59 Å². The van der Waals surface area contributed by atoms with Crippen molar-refractivity contribution in [1.82, 2.24) is 0 Å². The summed E-state index contributed by atoms with van der Waals surface area (Å²) in [4.78, 5) is 25.1. The monoisotopic (exact) mass is 287 g/mol. The lowest BCUT2D eigenvalue weighted by molar-refractivity contribution is -0.137. The fourth-order valence-electron chi connectivity index (χ4n) is 2.62. The van der Waals surface area contributed by atoms with Gasteiger partial charge in [-0.25, -0.2) is 0 Å². The SMILES string of the molecule is O=C(O)CC1CN(C(=O)c2ccsc2)c2ccccc21. The van der Waals surface area contributed by atoms with Crippen LogP contribution in [0.4, 0.5) is 5.69 Å². The number of carbonyl (C=O) groups is 2. The molecule has 1 aromatic heterocycles. The molecule has 1 aromatic carbocycles. The summed E-state index contributed by atoms with van der Waals surface area (Å²) >= 11 is 1.48. The van der Waals surface area contributed by atoms with Crippen LogP contribution in [0.3, 0.4) is 0 Å². The number of amides is 1. The van der Waals surface area contributed by atoms with E-state index in [1.807, 2.05) is 35.0 Å². The second-order valence-electron chi connectivity index (χ2n) is 4.78. The van der Waals surface area contributed by atoms with Crippen molar-refractivity contribution < 1.29 is 14.7 Å². The molecule has 1 amide bonds. The lowest BCUT2D eigenvalue weighted by atomic mass is 9.98. The summed E-state index contributed by atoms with van der Waals surface area (Å²) in [6.45, 7) is 0.431. The molecule has 0 saturated carbocycles. The van der Waals surface area contributed by atoms with Crippen LogP contribution in [0.1, 0.15) is 28.3 Å². The highest BCUT2D eigenvalue weighted by Gasteiger charge is 2.33. The summed E-state index contributed by atoms with van der Waals surface area (Å²) in [6, 6.07) is 9.33. The summed E-state index contributed by atoms with van der Waals surface area (Å²) in [5.74, 6) is -1.03. The lowest BCUT2D eigenvalue weighted by Crippen LogP contribution is -2.29. The number of carbonyl (C=O) groups excluding carboxylic acids is 1. The standard InChI is InChI=1S/C15H13NO3S/c17-14(18)7-11-8-16(13-4-2-1-3-12(11)13)15(19)10-5-6-20-9-10/h1-6,9,11H,7-8H2,(H,17,18). The molecule has 3 rings (SSSR count). The molecule has 20 heavy (non-hydrogen) atoms. The third-order valence-corrected chi connectivity index (χ3v) is 4.19. The molecule has 1 aliphatic rings. The Morgan fingerprint density at radius 1 is 1.30 bits per heavy atom. The van der Waals surface area contributed by atoms with Gasteiger partial charge in [-0.05, 0) is 23.1 Å². The first-order valence-corrected chi connectivity index (χ1v) is 7.26. The molecule has 1 N–H and O–H groups in total. The van der Waals surface area contributed by atoms with Crippen molar-refractivity contribution >= 4 is 28.9 Å². The van der Waals surface area contributed by atoms with E-state index >= 15 is 0 Å². The first-order chi connectivity index (χ1) is 9.66. The zero-order chi connectivity index (χ0) is 14.1. The van der Waals surface area contributed by atoms with E-state index in [9.17, 15) is 9.59 Å². The minimum absolute atomic E-state index is 0.0461. The number of fused-ring (bicyclic) bond motifs is 1. The van der Waals surface area contributed by atoms with Crippen LogP contribution in [-0.2, 0) is 4.79 Å². The number of rotatable bonds is 3. The largest absolute Gasteiger partial charge is 0.481 e. The number of nitrogens with zero attached hydrogens (tertiary/aromatic N) is 1. The molecular weight excluding hydrogens is 274 g/mol. The Morgan fingerprint density at radius 3 is 2.80 bits per heavy atom. The van der Waals surface area contributed by atoms with E-state index < -0.39 is 5.97 Å². The quantitative estimate of drug-likeness (QED) is 0.944. The molecular formula is C15H13NO3S. The van der Waals surface area contributed by atoms with Gasteiger partial charge in [0, 0.05) is 23.5 Å². The Hall–Kier alpha value is -2.14. The van der Waals surface area contributed by atoms with Crippen molar-refractivity contribution in [3.8, 4) is 0 Å². The molecule has 2 heterocycles. The van der Waals surface area contributed by atoms with Gasteiger partial charge in [-0.15, -0.1) is 0 Å². The van der Waals surface area contributed by atoms with Crippen LogP contribution in [0.15, 0.2) is 41.1 Å². The van der Waals surface area contributed by atoms with E-state index in [1.54, 1.807) is 11.0 Å². The molecule has 0 spiro atoms. The van der Waals surface area contributed by atoms with Crippen molar-refractivity contribution in [2.45, 2.75) is 12.3 Å². The fraction of sp³-hybridized carbons (Fsp3) is 0.200. The Morgan fingerprint density at radius 2 is 2.10 bits per heavy atom. The highest BCUT2D eigenvalue weighted by atomic mass is 32.1. The molecule has 0 radical (unpaired) electrons. The number of carboxylic acid groups (broad SMARTS) is 1. The second-order valence-corrected chi connectivity index (χ2v) is 5.56. The molecule has 0 aliphatic carbocycles. The maximum absolute atomic E-state index is 12.5. The van der Waals surface area contributed by atoms with Gasteiger partial charge >= 0.3 is 5.97 Å². The molecule has 0 fully saturated rings. The Balaban J connectivity index is 1.94. The number of hydrogen-bond donors (Lipinski definition) is 1. The number of thiophene rings is 1. The molecule has 102 valence electrons. The summed E-state index contributed by atoms with van der Waals surface area (Å²) < 4.78 is 0. The van der Waals surface area contributed by atoms with Gasteiger partial charge < -0.3 is 10.0 Å². The molecule has 2 aromatic rings. The molecule has 5 heteroatoms. The maximum atomic E-state index is 12.5. The summed E-state index contributed by atoms with van der Waals surface area (Å²) in [5, 5.41) is 12.7. The Bertz CT molecular complexity index is 651. The van der Waals surface area contributed by atoms with E-state index in [0.717, 1.165) is 11.3 Å². The van der Waals surface area contributed by atoms with Crippen LogP contribution in [0.25, 0.3) is 0 Å². The summed E-state index contributed by atoms with van der Waals surface area (Å²) in [7, 11) is 0. The number of benzene rings is 1. The maximum Gasteiger partial charge on any atom is 0.304 e. The third kappa shape index (κ3) is 2.20. The van der Waals surface area contributed by atoms with Crippen molar-refractivity contribution in [2.75, 3.05) is 11.4 Å². The molecule has 0 bridgehead atoms. The first kappa shape index (κ1) is 12.9. The second kappa shape index (κ2) is 5.09. The van der Waals surface area contributed by atoms with Crippen molar-refractivity contribution in [1.29, 1.82) is 0 Å². The van der Waals surface area contributed by atoms with Crippen molar-refractivity contribution in [3.05, 3.63) is 52.2 Å². The van der Waals surface area contributed by atoms with Crippen molar-refractivity contribution in [2.24, 2.45) is 0 Å². The third-order valence-electron chi connectivity index (χ3n) is 3.50. The smallest absolute Gasteiger partial charge is 0.304 e. The number of hydrogen-bond acceptors (Lipinski definition) is 3. The predicted molar refractivity (Wildman–Crippen MR) is 77.4 cm³/mol. The molecule has 1 unspecified atom stereocenters. The minimum Gasteiger partial charge on any atom is -0.481 e. The van der Waals surface area contributed by atoms with Crippen LogP contribution in [-0.4, -0.2) is 23.5 Å². The van der Waals surface area contributed by atoms with E-state index in [2.05, 4.69) is 0 Å². The zero-order valence-electron chi connectivity index (χ0n) is 10.7. The highest BCUT2D eigenvalue weighted by molar-refractivity contribution is 7.08. The van der Waals surface area contributed by atoms with Crippen LogP contribution < -0.4 is 4.90 Å². The summed E-state index contributed by atoms with van der Waals surface area (Å²) in [6.07, 6.45) is 0.0461. The average Bonchev–Trinajstić information content (AvgIpc) is 3.06. The zero-order valence-corrected chi connectivity index (χ0v) is 11.5. The fourth-order valence-corrected chi connectivity index (χ4v) is 3.24. The van der Waals surface area contributed by atoms with Crippen LogP contribution in [0, 0.1) is 0 Å². The van der Waals surface area contributed by atoms with E-state index in [1.165, 1.54) is 11.3 Å². The van der Waals surface area contributed by atoms with E-state index in [-0.39, 0.29) is 18.2 Å². The average molecular weight is 287 g/mol. The molecule has 1 atom stereocenters. The topological polar surface area (TPSA) is 57.6 Å². The summed E-state index contributed by atoms with van der Waals surface area (Å²) in [5.41, 5.74) is 2.43. The minimum atomic E-state index is -0.838. The van der Waals surface area contributed by atoms with E-state index in [0.29, 0.717) is 12.1 Å². The Kier molecular flexibility index (Phi) is 3.28. The normalized spacial score (nSPS) is 17.0. The number of aliphatic carboxylic acids is 1. The lowest BCUT2D eigenvalue weighted by Gasteiger charge is -2.16. The first-order valence-electron chi connectivity index (χ1n) is 6.31. The van der Waals surface area contributed by atoms with Gasteiger partial charge in [0.25, 0.3) is 5.91 Å².